The number of benzene rings is 2. The van der Waals surface area contributed by atoms with Gasteiger partial charge < -0.3 is 0 Å². The van der Waals surface area contributed by atoms with Gasteiger partial charge in [-0.25, -0.2) is 0 Å². The van der Waals surface area contributed by atoms with E-state index in [0.29, 0.717) is 0 Å². The zero-order chi connectivity index (χ0) is 20.6. The molecule has 0 N–H and O–H groups in total. The van der Waals surface area contributed by atoms with Gasteiger partial charge in [-0.15, -0.1) is 0 Å². The molecule has 0 aromatic heterocycles. The van der Waals surface area contributed by atoms with Gasteiger partial charge in [-0.2, -0.15) is 0 Å². The molecule has 0 nitrogen and oxygen atoms in total. The van der Waals surface area contributed by atoms with Crippen LogP contribution >= 0.6 is 7.26 Å². The Labute approximate surface area is 181 Å². The van der Waals surface area contributed by atoms with E-state index in [9.17, 15) is 0 Å². The second-order valence-electron chi connectivity index (χ2n) is 8.85. The molecule has 0 saturated carbocycles. The molecule has 0 aliphatic heterocycles. The van der Waals surface area contributed by atoms with Gasteiger partial charge in [0.1, 0.15) is 0 Å². The summed E-state index contributed by atoms with van der Waals surface area (Å²) in [6.07, 6.45) is 19.6. The van der Waals surface area contributed by atoms with Crippen LogP contribution in [-0.2, 0) is 0 Å². The minimum atomic E-state index is -1.68. The Balaban J connectivity index is 2.13. The molecule has 0 bridgehead atoms. The molecule has 0 heterocycles. The predicted molar refractivity (Wildman–Crippen MR) is 137 cm³/mol. The van der Waals surface area contributed by atoms with Gasteiger partial charge in [0.2, 0.25) is 0 Å². The van der Waals surface area contributed by atoms with Crippen LogP contribution in [0.4, 0.5) is 0 Å². The van der Waals surface area contributed by atoms with Crippen LogP contribution < -0.4 is 10.6 Å². The zero-order valence-electron chi connectivity index (χ0n) is 19.2. The molecule has 0 aliphatic rings. The first-order valence-corrected chi connectivity index (χ1v) is 14.9. The predicted octanol–water partition coefficient (Wildman–Crippen LogP) is 8.11. The summed E-state index contributed by atoms with van der Waals surface area (Å²) in [5.74, 6) is 0. The summed E-state index contributed by atoms with van der Waals surface area (Å²) in [5.41, 5.74) is 0. The van der Waals surface area contributed by atoms with Gasteiger partial charge in [-0.1, -0.05) is 0 Å². The maximum atomic E-state index is 2.44. The zero-order valence-corrected chi connectivity index (χ0v) is 20.2. The van der Waals surface area contributed by atoms with E-state index in [1.807, 2.05) is 0 Å². The molecule has 0 unspecified atom stereocenters. The van der Waals surface area contributed by atoms with Crippen molar-refractivity contribution in [1.82, 2.24) is 0 Å². The number of hydrogen-bond donors (Lipinski definition) is 0. The average molecular weight is 413 g/mol. The van der Waals surface area contributed by atoms with E-state index in [0.717, 1.165) is 0 Å². The van der Waals surface area contributed by atoms with Crippen molar-refractivity contribution in [1.29, 1.82) is 0 Å². The molecule has 0 spiro atoms. The number of rotatable bonds is 16. The van der Waals surface area contributed by atoms with Crippen LogP contribution in [0.25, 0.3) is 0 Å². The van der Waals surface area contributed by atoms with Gasteiger partial charge in [0.05, 0.1) is 0 Å². The summed E-state index contributed by atoms with van der Waals surface area (Å²) >= 11 is 0. The third kappa shape index (κ3) is 8.25. The van der Waals surface area contributed by atoms with Crippen molar-refractivity contribution in [2.24, 2.45) is 0 Å². The third-order valence-corrected chi connectivity index (χ3v) is 11.9. The monoisotopic (exact) mass is 412 g/mol. The van der Waals surface area contributed by atoms with Crippen molar-refractivity contribution in [2.45, 2.75) is 90.9 Å². The SMILES string of the molecule is CCCCCCCC[PH](CCCCCCCC)(c1ccccc1)c1ccccc1. The Morgan fingerprint density at radius 2 is 0.793 bits per heavy atom. The van der Waals surface area contributed by atoms with Crippen LogP contribution in [0.15, 0.2) is 60.7 Å². The van der Waals surface area contributed by atoms with Crippen molar-refractivity contribution in [3.63, 3.8) is 0 Å². The van der Waals surface area contributed by atoms with E-state index >= 15 is 0 Å². The average Bonchev–Trinajstić information content (AvgIpc) is 2.78. The van der Waals surface area contributed by atoms with Gasteiger partial charge in [0.15, 0.2) is 0 Å². The van der Waals surface area contributed by atoms with Crippen molar-refractivity contribution in [3.05, 3.63) is 60.7 Å². The van der Waals surface area contributed by atoms with E-state index < -0.39 is 7.26 Å². The first-order chi connectivity index (χ1) is 14.3. The van der Waals surface area contributed by atoms with Crippen molar-refractivity contribution < 1.29 is 0 Å². The Hall–Kier alpha value is -1.13. The molecule has 0 atom stereocenters. The molecule has 0 aliphatic carbocycles. The summed E-state index contributed by atoms with van der Waals surface area (Å²) in [5, 5.41) is 3.32. The Bertz CT molecular complexity index is 562. The molecule has 0 saturated heterocycles. The molecular weight excluding hydrogens is 367 g/mol. The van der Waals surface area contributed by atoms with Crippen LogP contribution in [0.3, 0.4) is 0 Å². The van der Waals surface area contributed by atoms with Crippen LogP contribution in [0.2, 0.25) is 0 Å². The summed E-state index contributed by atoms with van der Waals surface area (Å²) in [6.45, 7) is 4.62. The van der Waals surface area contributed by atoms with E-state index in [4.69, 9.17) is 0 Å². The van der Waals surface area contributed by atoms with Crippen LogP contribution in [0.1, 0.15) is 90.9 Å². The second-order valence-corrected chi connectivity index (χ2v) is 13.2. The minimum absolute atomic E-state index is 1.34. The van der Waals surface area contributed by atoms with Gasteiger partial charge in [-0.3, -0.25) is 0 Å². The van der Waals surface area contributed by atoms with Crippen LogP contribution in [-0.4, -0.2) is 12.3 Å². The Morgan fingerprint density at radius 1 is 0.448 bits per heavy atom. The van der Waals surface area contributed by atoms with Gasteiger partial charge in [-0.05, 0) is 0 Å². The molecule has 1 heteroatoms. The van der Waals surface area contributed by atoms with E-state index in [2.05, 4.69) is 74.5 Å². The molecule has 0 radical (unpaired) electrons. The van der Waals surface area contributed by atoms with E-state index in [-0.39, 0.29) is 0 Å². The van der Waals surface area contributed by atoms with Gasteiger partial charge >= 0.3 is 182 Å². The second kappa shape index (κ2) is 14.8. The van der Waals surface area contributed by atoms with Crippen LogP contribution in [0.5, 0.6) is 0 Å². The van der Waals surface area contributed by atoms with Gasteiger partial charge in [0, 0.05) is 0 Å². The van der Waals surface area contributed by atoms with Crippen molar-refractivity contribution in [3.8, 4) is 0 Å². The van der Waals surface area contributed by atoms with Gasteiger partial charge in [0.25, 0.3) is 0 Å². The molecule has 0 amide bonds. The fraction of sp³-hybridized carbons (Fsp3) is 0.571. The summed E-state index contributed by atoms with van der Waals surface area (Å²) in [4.78, 5) is 0. The molecule has 2 rings (SSSR count). The Kier molecular flexibility index (Phi) is 12.3. The van der Waals surface area contributed by atoms with Crippen molar-refractivity contribution in [2.75, 3.05) is 12.3 Å². The fourth-order valence-corrected chi connectivity index (χ4v) is 9.90. The standard InChI is InChI=1S/C28H45P/c1-3-5-7-9-11-19-25-29(27-21-15-13-16-22-27,28-23-17-14-18-24-28)26-20-12-10-8-6-4-2/h13-18,21-24,29H,3-12,19-20,25-26H2,1-2H3. The van der Waals surface area contributed by atoms with Crippen LogP contribution in [0, 0.1) is 0 Å². The fourth-order valence-electron chi connectivity index (χ4n) is 4.80. The summed E-state index contributed by atoms with van der Waals surface area (Å²) < 4.78 is 0. The normalized spacial score (nSPS) is 12.2. The topological polar surface area (TPSA) is 0 Å². The maximum absolute atomic E-state index is 2.44. The first kappa shape index (κ1) is 24.1. The van der Waals surface area contributed by atoms with Crippen molar-refractivity contribution >= 4 is 17.9 Å². The van der Waals surface area contributed by atoms with E-state index in [1.165, 1.54) is 89.4 Å². The quantitative estimate of drug-likeness (QED) is 0.193. The summed E-state index contributed by atoms with van der Waals surface area (Å²) in [6, 6.07) is 23.2. The summed E-state index contributed by atoms with van der Waals surface area (Å²) in [7, 11) is -1.68. The molecular formula is C28H45P. The number of unbranched alkanes of at least 4 members (excludes halogenated alkanes) is 10. The molecule has 2 aromatic rings. The molecule has 0 fully saturated rings. The first-order valence-electron chi connectivity index (χ1n) is 12.4. The molecule has 2 aromatic carbocycles. The number of hydrogen-bond acceptors (Lipinski definition) is 0. The third-order valence-electron chi connectivity index (χ3n) is 6.57. The Morgan fingerprint density at radius 3 is 1.17 bits per heavy atom. The molecule has 29 heavy (non-hydrogen) atoms. The van der Waals surface area contributed by atoms with E-state index in [1.54, 1.807) is 10.6 Å². The molecule has 162 valence electrons.